The van der Waals surface area contributed by atoms with Crippen molar-refractivity contribution in [1.82, 2.24) is 4.98 Å². The highest BCUT2D eigenvalue weighted by atomic mass is 19.4. The third-order valence-electron chi connectivity index (χ3n) is 6.29. The van der Waals surface area contributed by atoms with Gasteiger partial charge in [0.1, 0.15) is 17.2 Å². The Bertz CT molecular complexity index is 1440. The number of anilines is 1. The number of aliphatic imine (C=N–C) groups is 1. The molecule has 4 rings (SSSR count). The van der Waals surface area contributed by atoms with Crippen molar-refractivity contribution in [3.8, 4) is 5.75 Å². The van der Waals surface area contributed by atoms with Crippen LogP contribution >= 0.6 is 0 Å². The smallest absolute Gasteiger partial charge is 0.406 e. The molecule has 14 heteroatoms. The number of carbonyl (C=O) groups is 1. The SMILES string of the molecule is CC(C)(N=C1CC(c2cccc(C(F)(F)F)c2)N(c2ccc(OC(F)(F)F)cc2)C1=O)c1ccc(C(F)(F)F)nc1. The number of nitrogens with zero attached hydrogens (tertiary/aromatic N) is 3. The number of halogens is 9. The van der Waals surface area contributed by atoms with Crippen LogP contribution in [0.2, 0.25) is 0 Å². The summed E-state index contributed by atoms with van der Waals surface area (Å²) in [5, 5.41) is 0. The molecule has 0 spiro atoms. The highest BCUT2D eigenvalue weighted by molar-refractivity contribution is 6.46. The molecule has 1 saturated heterocycles. The topological polar surface area (TPSA) is 54.8 Å². The van der Waals surface area contributed by atoms with Gasteiger partial charge in [-0.2, -0.15) is 26.3 Å². The van der Waals surface area contributed by atoms with Gasteiger partial charge in [0.05, 0.1) is 17.1 Å². The van der Waals surface area contributed by atoms with E-state index in [9.17, 15) is 44.3 Å². The Balaban J connectivity index is 1.75. The fourth-order valence-corrected chi connectivity index (χ4v) is 4.36. The zero-order valence-electron chi connectivity index (χ0n) is 21.2. The molecule has 1 amide bonds. The second kappa shape index (κ2) is 10.4. The minimum absolute atomic E-state index is 0.0612. The molecule has 1 aliphatic heterocycles. The first-order chi connectivity index (χ1) is 18.8. The number of benzene rings is 2. The van der Waals surface area contributed by atoms with Gasteiger partial charge in [-0.05, 0) is 67.4 Å². The molecule has 1 aromatic heterocycles. The quantitative estimate of drug-likeness (QED) is 0.285. The Morgan fingerprint density at radius 2 is 1.51 bits per heavy atom. The van der Waals surface area contributed by atoms with Crippen LogP contribution in [-0.4, -0.2) is 23.0 Å². The minimum Gasteiger partial charge on any atom is -0.406 e. The summed E-state index contributed by atoms with van der Waals surface area (Å²) in [4.78, 5) is 22.5. The van der Waals surface area contributed by atoms with E-state index in [1.54, 1.807) is 0 Å². The van der Waals surface area contributed by atoms with E-state index in [-0.39, 0.29) is 28.9 Å². The van der Waals surface area contributed by atoms with E-state index in [4.69, 9.17) is 0 Å². The van der Waals surface area contributed by atoms with E-state index in [0.29, 0.717) is 0 Å². The maximum Gasteiger partial charge on any atom is 0.573 e. The Hall–Kier alpha value is -4.10. The zero-order valence-corrected chi connectivity index (χ0v) is 21.2. The number of aromatic nitrogens is 1. The average molecular weight is 589 g/mol. The average Bonchev–Trinajstić information content (AvgIpc) is 3.18. The van der Waals surface area contributed by atoms with E-state index in [0.717, 1.165) is 65.7 Å². The van der Waals surface area contributed by atoms with Crippen LogP contribution in [0.25, 0.3) is 0 Å². The van der Waals surface area contributed by atoms with Crippen LogP contribution in [0.4, 0.5) is 45.2 Å². The maximum absolute atomic E-state index is 13.6. The standard InChI is InChI=1S/C27H20F9N3O2/c1-24(2,17-6-11-22(37-14-17)26(31,32)33)38-20-13-21(15-4-3-5-16(12-15)25(28,29)30)39(23(20)40)18-7-9-19(10-8-18)41-27(34,35)36/h3-12,14,21H,13H2,1-2H3. The van der Waals surface area contributed by atoms with Gasteiger partial charge in [-0.1, -0.05) is 18.2 Å². The minimum atomic E-state index is -4.97. The van der Waals surface area contributed by atoms with Crippen molar-refractivity contribution < 1.29 is 49.0 Å². The van der Waals surface area contributed by atoms with Crippen molar-refractivity contribution in [2.45, 2.75) is 50.6 Å². The number of carbonyl (C=O) groups excluding carboxylic acids is 1. The highest BCUT2D eigenvalue weighted by Gasteiger charge is 2.41. The first-order valence-electron chi connectivity index (χ1n) is 11.8. The van der Waals surface area contributed by atoms with E-state index in [1.807, 2.05) is 0 Å². The monoisotopic (exact) mass is 589 g/mol. The molecule has 0 bridgehead atoms. The van der Waals surface area contributed by atoms with Crippen molar-refractivity contribution >= 4 is 17.3 Å². The van der Waals surface area contributed by atoms with E-state index in [2.05, 4.69) is 14.7 Å². The largest absolute Gasteiger partial charge is 0.573 e. The lowest BCUT2D eigenvalue weighted by atomic mass is 9.95. The molecule has 1 fully saturated rings. The fourth-order valence-electron chi connectivity index (χ4n) is 4.36. The van der Waals surface area contributed by atoms with Gasteiger partial charge in [0.25, 0.3) is 5.91 Å². The lowest BCUT2D eigenvalue weighted by molar-refractivity contribution is -0.274. The summed E-state index contributed by atoms with van der Waals surface area (Å²) >= 11 is 0. The van der Waals surface area contributed by atoms with E-state index in [1.165, 1.54) is 19.9 Å². The summed E-state index contributed by atoms with van der Waals surface area (Å²) in [5.41, 5.74) is -3.11. The number of ether oxygens (including phenoxy) is 1. The Labute approximate surface area is 227 Å². The number of amides is 1. The number of alkyl halides is 9. The van der Waals surface area contributed by atoms with Gasteiger partial charge in [-0.25, -0.2) is 0 Å². The Kier molecular flexibility index (Phi) is 7.56. The third kappa shape index (κ3) is 6.80. The molecule has 41 heavy (non-hydrogen) atoms. The van der Waals surface area contributed by atoms with Gasteiger partial charge in [0, 0.05) is 18.3 Å². The molecular formula is C27H20F9N3O2. The van der Waals surface area contributed by atoms with Crippen LogP contribution in [0.5, 0.6) is 5.75 Å². The first-order valence-corrected chi connectivity index (χ1v) is 11.8. The zero-order chi connectivity index (χ0) is 30.4. The molecule has 1 unspecified atom stereocenters. The third-order valence-corrected chi connectivity index (χ3v) is 6.29. The van der Waals surface area contributed by atoms with Crippen LogP contribution < -0.4 is 9.64 Å². The second-order valence-corrected chi connectivity index (χ2v) is 9.61. The molecular weight excluding hydrogens is 569 g/mol. The van der Waals surface area contributed by atoms with E-state index >= 15 is 0 Å². The summed E-state index contributed by atoms with van der Waals surface area (Å²) in [6.07, 6.45) is -13.6. The molecule has 3 aromatic rings. The van der Waals surface area contributed by atoms with Crippen molar-refractivity contribution in [3.63, 3.8) is 0 Å². The van der Waals surface area contributed by atoms with Crippen LogP contribution in [-0.2, 0) is 22.7 Å². The summed E-state index contributed by atoms with van der Waals surface area (Å²) in [6, 6.07) is 9.32. The summed E-state index contributed by atoms with van der Waals surface area (Å²) in [5.74, 6) is -1.32. The van der Waals surface area contributed by atoms with Gasteiger partial charge >= 0.3 is 18.7 Å². The molecule has 0 saturated carbocycles. The number of hydrogen-bond acceptors (Lipinski definition) is 4. The maximum atomic E-state index is 13.6. The molecule has 1 atom stereocenters. The number of rotatable bonds is 5. The second-order valence-electron chi connectivity index (χ2n) is 9.61. The summed E-state index contributed by atoms with van der Waals surface area (Å²) < 4.78 is 121. The number of pyridine rings is 1. The highest BCUT2D eigenvalue weighted by Crippen LogP contribution is 2.40. The van der Waals surface area contributed by atoms with Crippen molar-refractivity contribution in [2.75, 3.05) is 4.90 Å². The Morgan fingerprint density at radius 1 is 0.854 bits per heavy atom. The van der Waals surface area contributed by atoms with Crippen molar-refractivity contribution in [1.29, 1.82) is 0 Å². The van der Waals surface area contributed by atoms with Crippen LogP contribution in [0.3, 0.4) is 0 Å². The molecule has 2 aromatic carbocycles. The lowest BCUT2D eigenvalue weighted by Gasteiger charge is -2.25. The van der Waals surface area contributed by atoms with Crippen LogP contribution in [0.15, 0.2) is 71.9 Å². The number of hydrogen-bond donors (Lipinski definition) is 0. The molecule has 0 N–H and O–H groups in total. The molecule has 0 aliphatic carbocycles. The van der Waals surface area contributed by atoms with Gasteiger partial charge in [0.2, 0.25) is 0 Å². The van der Waals surface area contributed by atoms with E-state index < -0.39 is 53.2 Å². The molecule has 5 nitrogen and oxygen atoms in total. The van der Waals surface area contributed by atoms with Crippen LogP contribution in [0, 0.1) is 0 Å². The summed E-state index contributed by atoms with van der Waals surface area (Å²) in [7, 11) is 0. The van der Waals surface area contributed by atoms with Gasteiger partial charge in [0.15, 0.2) is 0 Å². The predicted octanol–water partition coefficient (Wildman–Crippen LogP) is 7.87. The molecule has 2 heterocycles. The van der Waals surface area contributed by atoms with Crippen molar-refractivity contribution in [2.24, 2.45) is 4.99 Å². The molecule has 1 aliphatic rings. The molecule has 218 valence electrons. The van der Waals surface area contributed by atoms with Gasteiger partial charge < -0.3 is 4.74 Å². The fraction of sp³-hybridized carbons (Fsp3) is 0.296. The van der Waals surface area contributed by atoms with Gasteiger partial charge in [-0.15, -0.1) is 13.2 Å². The van der Waals surface area contributed by atoms with Gasteiger partial charge in [-0.3, -0.25) is 19.7 Å². The lowest BCUT2D eigenvalue weighted by Crippen LogP contribution is -2.30. The molecule has 0 radical (unpaired) electrons. The van der Waals surface area contributed by atoms with Crippen LogP contribution in [0.1, 0.15) is 48.7 Å². The summed E-state index contributed by atoms with van der Waals surface area (Å²) in [6.45, 7) is 3.03. The predicted molar refractivity (Wildman–Crippen MR) is 129 cm³/mol. The van der Waals surface area contributed by atoms with Crippen molar-refractivity contribution in [3.05, 3.63) is 89.2 Å². The Morgan fingerprint density at radius 3 is 2.05 bits per heavy atom. The first kappa shape index (κ1) is 29.9. The normalized spacial score (nSPS) is 17.8.